The zero-order valence-corrected chi connectivity index (χ0v) is 12.7. The quantitative estimate of drug-likeness (QED) is 0.794. The lowest BCUT2D eigenvalue weighted by Crippen LogP contribution is -2.24. The normalized spacial score (nSPS) is 11.8. The molecule has 0 unspecified atom stereocenters. The minimum atomic E-state index is -0.0908. The van der Waals surface area contributed by atoms with E-state index in [0.29, 0.717) is 5.88 Å². The van der Waals surface area contributed by atoms with Gasteiger partial charge in [-0.25, -0.2) is 0 Å². The second-order valence-electron chi connectivity index (χ2n) is 5.63. The van der Waals surface area contributed by atoms with Crippen molar-refractivity contribution in [3.05, 3.63) is 35.7 Å². The highest BCUT2D eigenvalue weighted by Crippen LogP contribution is 2.27. The Kier molecular flexibility index (Phi) is 3.95. The van der Waals surface area contributed by atoms with Gasteiger partial charge in [0.05, 0.1) is 5.88 Å². The lowest BCUT2D eigenvalue weighted by atomic mass is 10.1. The van der Waals surface area contributed by atoms with Gasteiger partial charge in [0.1, 0.15) is 5.82 Å². The Morgan fingerprint density at radius 3 is 2.21 bits per heavy atom. The first-order valence-electron chi connectivity index (χ1n) is 6.57. The van der Waals surface area contributed by atoms with Crippen molar-refractivity contribution in [3.63, 3.8) is 0 Å². The number of hydrogen-bond donors (Lipinski definition) is 0. The van der Waals surface area contributed by atoms with Crippen molar-refractivity contribution in [2.24, 2.45) is 0 Å². The number of halogens is 1. The molecule has 0 saturated heterocycles. The van der Waals surface area contributed by atoms with Crippen LogP contribution < -0.4 is 0 Å². The van der Waals surface area contributed by atoms with Crippen LogP contribution in [0.2, 0.25) is 0 Å². The highest BCUT2D eigenvalue weighted by molar-refractivity contribution is 6.16. The van der Waals surface area contributed by atoms with E-state index in [9.17, 15) is 0 Å². The third-order valence-electron chi connectivity index (χ3n) is 3.14. The molecule has 2 aromatic rings. The van der Waals surface area contributed by atoms with Gasteiger partial charge in [-0.1, -0.05) is 31.2 Å². The second-order valence-corrected chi connectivity index (χ2v) is 5.90. The Hall–Kier alpha value is -1.35. The molecule has 0 N–H and O–H groups in total. The minimum Gasteiger partial charge on any atom is -0.305 e. The van der Waals surface area contributed by atoms with Gasteiger partial charge in [0.25, 0.3) is 0 Å². The van der Waals surface area contributed by atoms with Crippen molar-refractivity contribution in [1.82, 2.24) is 14.8 Å². The molecule has 0 atom stereocenters. The molecule has 0 fully saturated rings. The van der Waals surface area contributed by atoms with Gasteiger partial charge >= 0.3 is 0 Å². The van der Waals surface area contributed by atoms with Gasteiger partial charge in [-0.3, -0.25) is 0 Å². The minimum absolute atomic E-state index is 0.0908. The lowest BCUT2D eigenvalue weighted by Gasteiger charge is -2.24. The lowest BCUT2D eigenvalue weighted by molar-refractivity contribution is 0.390. The zero-order valence-electron chi connectivity index (χ0n) is 11.9. The molecule has 0 aliphatic heterocycles. The highest BCUT2D eigenvalue weighted by atomic mass is 35.5. The van der Waals surface area contributed by atoms with E-state index in [-0.39, 0.29) is 5.54 Å². The third kappa shape index (κ3) is 2.81. The molecule has 3 nitrogen and oxygen atoms in total. The van der Waals surface area contributed by atoms with E-state index in [1.807, 2.05) is 0 Å². The maximum Gasteiger partial charge on any atom is 0.164 e. The fourth-order valence-electron chi connectivity index (χ4n) is 2.18. The molecule has 2 rings (SSSR count). The Balaban J connectivity index is 2.52. The molecule has 0 aliphatic carbocycles. The summed E-state index contributed by atoms with van der Waals surface area (Å²) in [7, 11) is 0. The number of alkyl halides is 1. The van der Waals surface area contributed by atoms with Crippen LogP contribution in [0, 0.1) is 0 Å². The van der Waals surface area contributed by atoms with Gasteiger partial charge in [-0.15, -0.1) is 21.8 Å². The zero-order chi connectivity index (χ0) is 14.0. The molecule has 0 saturated carbocycles. The first-order chi connectivity index (χ1) is 8.97. The predicted molar refractivity (Wildman–Crippen MR) is 79.4 cm³/mol. The first kappa shape index (κ1) is 14.1. The van der Waals surface area contributed by atoms with Crippen LogP contribution in [0.1, 0.15) is 39.1 Å². The molecule has 0 radical (unpaired) electrons. The summed E-state index contributed by atoms with van der Waals surface area (Å²) in [6.07, 6.45) is 1.04. The van der Waals surface area contributed by atoms with Gasteiger partial charge < -0.3 is 4.57 Å². The van der Waals surface area contributed by atoms with Crippen LogP contribution >= 0.6 is 11.6 Å². The molecule has 102 valence electrons. The summed E-state index contributed by atoms with van der Waals surface area (Å²) in [5.41, 5.74) is 2.31. The van der Waals surface area contributed by atoms with Crippen LogP contribution in [0.15, 0.2) is 24.3 Å². The van der Waals surface area contributed by atoms with Crippen LogP contribution in [0.4, 0.5) is 0 Å². The van der Waals surface area contributed by atoms with Crippen LogP contribution in [-0.2, 0) is 17.8 Å². The SMILES string of the molecule is CCc1ccc(-c2nnc(CCl)n2C(C)(C)C)cc1. The van der Waals surface area contributed by atoms with Gasteiger partial charge in [0.2, 0.25) is 0 Å². The van der Waals surface area contributed by atoms with Gasteiger partial charge in [0.15, 0.2) is 5.82 Å². The van der Waals surface area contributed by atoms with Crippen molar-refractivity contribution in [2.75, 3.05) is 0 Å². The van der Waals surface area contributed by atoms with E-state index in [2.05, 4.69) is 66.7 Å². The molecular weight excluding hydrogens is 258 g/mol. The molecule has 0 spiro atoms. The van der Waals surface area contributed by atoms with Crippen molar-refractivity contribution in [1.29, 1.82) is 0 Å². The summed E-state index contributed by atoms with van der Waals surface area (Å²) in [6, 6.07) is 8.47. The number of aryl methyl sites for hydroxylation is 1. The molecule has 0 aliphatic rings. The molecule has 1 aromatic carbocycles. The molecule has 1 heterocycles. The number of aromatic nitrogens is 3. The van der Waals surface area contributed by atoms with Gasteiger partial charge in [0, 0.05) is 11.1 Å². The number of rotatable bonds is 3. The summed E-state index contributed by atoms with van der Waals surface area (Å²) in [4.78, 5) is 0. The standard InChI is InChI=1S/C15H20ClN3/c1-5-11-6-8-12(9-7-11)14-18-17-13(10-16)19(14)15(2,3)4/h6-9H,5,10H2,1-4H3. The monoisotopic (exact) mass is 277 g/mol. The van der Waals surface area contributed by atoms with Gasteiger partial charge in [-0.05, 0) is 32.8 Å². The van der Waals surface area contributed by atoms with Crippen LogP contribution in [0.3, 0.4) is 0 Å². The first-order valence-corrected chi connectivity index (χ1v) is 7.11. The van der Waals surface area contributed by atoms with Crippen molar-refractivity contribution in [3.8, 4) is 11.4 Å². The van der Waals surface area contributed by atoms with E-state index < -0.39 is 0 Å². The van der Waals surface area contributed by atoms with Crippen LogP contribution in [0.5, 0.6) is 0 Å². The molecule has 4 heteroatoms. The average molecular weight is 278 g/mol. The van der Waals surface area contributed by atoms with E-state index in [4.69, 9.17) is 11.6 Å². The van der Waals surface area contributed by atoms with Gasteiger partial charge in [-0.2, -0.15) is 0 Å². The number of benzene rings is 1. The maximum absolute atomic E-state index is 5.96. The maximum atomic E-state index is 5.96. The van der Waals surface area contributed by atoms with E-state index in [1.54, 1.807) is 0 Å². The summed E-state index contributed by atoms with van der Waals surface area (Å²) in [5, 5.41) is 8.51. The largest absolute Gasteiger partial charge is 0.305 e. The summed E-state index contributed by atoms with van der Waals surface area (Å²) in [6.45, 7) is 8.56. The fraction of sp³-hybridized carbons (Fsp3) is 0.467. The number of nitrogens with zero attached hydrogens (tertiary/aromatic N) is 3. The molecular formula is C15H20ClN3. The van der Waals surface area contributed by atoms with Crippen molar-refractivity contribution in [2.45, 2.75) is 45.5 Å². The molecule has 0 bridgehead atoms. The average Bonchev–Trinajstić information content (AvgIpc) is 2.82. The third-order valence-corrected chi connectivity index (χ3v) is 3.38. The highest BCUT2D eigenvalue weighted by Gasteiger charge is 2.23. The Labute approximate surface area is 119 Å². The summed E-state index contributed by atoms with van der Waals surface area (Å²) < 4.78 is 2.11. The van der Waals surface area contributed by atoms with E-state index in [0.717, 1.165) is 23.6 Å². The number of hydrogen-bond acceptors (Lipinski definition) is 2. The fourth-order valence-corrected chi connectivity index (χ4v) is 2.36. The summed E-state index contributed by atoms with van der Waals surface area (Å²) in [5.74, 6) is 2.06. The smallest absolute Gasteiger partial charge is 0.164 e. The Bertz CT molecular complexity index is 550. The van der Waals surface area contributed by atoms with Crippen molar-refractivity contribution >= 4 is 11.6 Å². The molecule has 1 aromatic heterocycles. The van der Waals surface area contributed by atoms with Crippen LogP contribution in [-0.4, -0.2) is 14.8 Å². The van der Waals surface area contributed by atoms with E-state index >= 15 is 0 Å². The Morgan fingerprint density at radius 2 is 1.74 bits per heavy atom. The van der Waals surface area contributed by atoms with E-state index in [1.165, 1.54) is 5.56 Å². The second kappa shape index (κ2) is 5.33. The molecule has 19 heavy (non-hydrogen) atoms. The van der Waals surface area contributed by atoms with Crippen molar-refractivity contribution < 1.29 is 0 Å². The predicted octanol–water partition coefficient (Wildman–Crippen LogP) is 4.00. The summed E-state index contributed by atoms with van der Waals surface area (Å²) >= 11 is 5.96. The topological polar surface area (TPSA) is 30.7 Å². The Morgan fingerprint density at radius 1 is 1.11 bits per heavy atom. The van der Waals surface area contributed by atoms with Crippen LogP contribution in [0.25, 0.3) is 11.4 Å². The molecule has 0 amide bonds.